The average molecular weight is 455 g/mol. The molecular formula is C23H23ClN4O4. The number of likely N-dealkylation sites (N-methyl/N-ethyl adjacent to an activating group) is 1. The average Bonchev–Trinajstić information content (AvgIpc) is 3.18. The molecule has 2 aromatic carbocycles. The number of rotatable bonds is 6. The first-order valence-corrected chi connectivity index (χ1v) is 10.6. The molecule has 0 bridgehead atoms. The van der Waals surface area contributed by atoms with Gasteiger partial charge in [0, 0.05) is 23.3 Å². The Balaban J connectivity index is 1.46. The predicted octanol–water partition coefficient (Wildman–Crippen LogP) is 3.71. The first-order valence-electron chi connectivity index (χ1n) is 10.3. The van der Waals surface area contributed by atoms with Crippen molar-refractivity contribution in [3.8, 4) is 17.2 Å². The number of ether oxygens (including phenoxy) is 2. The van der Waals surface area contributed by atoms with Gasteiger partial charge >= 0.3 is 0 Å². The first-order chi connectivity index (χ1) is 15.5. The molecule has 166 valence electrons. The van der Waals surface area contributed by atoms with Crippen molar-refractivity contribution in [3.05, 3.63) is 64.9 Å². The maximum atomic E-state index is 13.1. The molecule has 0 unspecified atom stereocenters. The number of nitrogens with one attached hydrogen (secondary N) is 1. The fourth-order valence-corrected chi connectivity index (χ4v) is 3.66. The molecule has 8 nitrogen and oxygen atoms in total. The van der Waals surface area contributed by atoms with Crippen molar-refractivity contribution in [2.45, 2.75) is 13.8 Å². The van der Waals surface area contributed by atoms with E-state index in [0.29, 0.717) is 53.2 Å². The Labute approximate surface area is 190 Å². The number of carbonyl (C=O) groups excluding carboxylic acids is 2. The minimum atomic E-state index is -0.309. The Morgan fingerprint density at radius 2 is 1.94 bits per heavy atom. The number of benzene rings is 2. The Hall–Kier alpha value is -3.52. The summed E-state index contributed by atoms with van der Waals surface area (Å²) in [7, 11) is 0. The lowest BCUT2D eigenvalue weighted by Crippen LogP contribution is -2.38. The van der Waals surface area contributed by atoms with Crippen LogP contribution < -0.4 is 14.8 Å². The maximum Gasteiger partial charge on any atom is 0.257 e. The van der Waals surface area contributed by atoms with Crippen molar-refractivity contribution in [1.82, 2.24) is 14.7 Å². The molecule has 1 aromatic heterocycles. The summed E-state index contributed by atoms with van der Waals surface area (Å²) in [6, 6.07) is 12.4. The smallest absolute Gasteiger partial charge is 0.257 e. The normalized spacial score (nSPS) is 12.3. The van der Waals surface area contributed by atoms with Crippen molar-refractivity contribution in [3.63, 3.8) is 0 Å². The highest BCUT2D eigenvalue weighted by atomic mass is 35.5. The van der Waals surface area contributed by atoms with Crippen molar-refractivity contribution in [1.29, 1.82) is 0 Å². The van der Waals surface area contributed by atoms with Crippen LogP contribution in [0.5, 0.6) is 11.5 Å². The third-order valence-electron chi connectivity index (χ3n) is 5.12. The number of hydrogen-bond acceptors (Lipinski definition) is 5. The minimum absolute atomic E-state index is 0.0917. The van der Waals surface area contributed by atoms with Crippen LogP contribution in [-0.2, 0) is 4.79 Å². The molecule has 0 fully saturated rings. The van der Waals surface area contributed by atoms with Crippen LogP contribution in [-0.4, -0.2) is 52.8 Å². The van der Waals surface area contributed by atoms with Gasteiger partial charge in [-0.1, -0.05) is 17.7 Å². The molecule has 0 aliphatic carbocycles. The van der Waals surface area contributed by atoms with Gasteiger partial charge in [-0.05, 0) is 44.2 Å². The summed E-state index contributed by atoms with van der Waals surface area (Å²) in [5.74, 6) is 0.653. The molecule has 2 amide bonds. The molecule has 32 heavy (non-hydrogen) atoms. The number of nitrogens with zero attached hydrogens (tertiary/aromatic N) is 3. The summed E-state index contributed by atoms with van der Waals surface area (Å²) in [4.78, 5) is 27.2. The van der Waals surface area contributed by atoms with Crippen molar-refractivity contribution >= 4 is 29.1 Å². The number of hydrogen-bond donors (Lipinski definition) is 1. The molecule has 0 saturated carbocycles. The summed E-state index contributed by atoms with van der Waals surface area (Å²) in [6.07, 6.45) is 1.51. The topological polar surface area (TPSA) is 85.7 Å². The van der Waals surface area contributed by atoms with E-state index in [1.807, 2.05) is 26.0 Å². The van der Waals surface area contributed by atoms with Crippen molar-refractivity contribution in [2.75, 3.05) is 31.6 Å². The molecule has 1 aliphatic heterocycles. The summed E-state index contributed by atoms with van der Waals surface area (Å²) < 4.78 is 12.7. The van der Waals surface area contributed by atoms with Crippen LogP contribution in [0, 0.1) is 6.92 Å². The zero-order chi connectivity index (χ0) is 22.7. The van der Waals surface area contributed by atoms with Gasteiger partial charge in [0.2, 0.25) is 5.91 Å². The van der Waals surface area contributed by atoms with E-state index in [1.165, 1.54) is 11.1 Å². The van der Waals surface area contributed by atoms with Gasteiger partial charge in [-0.25, -0.2) is 4.68 Å². The second kappa shape index (κ2) is 9.32. The van der Waals surface area contributed by atoms with E-state index in [0.717, 1.165) is 5.69 Å². The third kappa shape index (κ3) is 4.55. The van der Waals surface area contributed by atoms with E-state index in [1.54, 1.807) is 35.0 Å². The molecule has 0 saturated heterocycles. The molecule has 0 radical (unpaired) electrons. The van der Waals surface area contributed by atoms with Crippen LogP contribution >= 0.6 is 11.6 Å². The van der Waals surface area contributed by atoms with Crippen molar-refractivity contribution < 1.29 is 19.1 Å². The van der Waals surface area contributed by atoms with Crippen LogP contribution in [0.1, 0.15) is 23.0 Å². The highest BCUT2D eigenvalue weighted by molar-refractivity contribution is 6.30. The molecule has 0 atom stereocenters. The number of anilines is 1. The summed E-state index contributed by atoms with van der Waals surface area (Å²) in [5, 5.41) is 7.73. The molecule has 3 aromatic rings. The quantitative estimate of drug-likeness (QED) is 0.613. The number of amides is 2. The maximum absolute atomic E-state index is 13.1. The summed E-state index contributed by atoms with van der Waals surface area (Å²) in [5.41, 5.74) is 2.43. The molecular weight excluding hydrogens is 432 g/mol. The van der Waals surface area contributed by atoms with E-state index < -0.39 is 0 Å². The molecule has 1 N–H and O–H groups in total. The van der Waals surface area contributed by atoms with E-state index in [-0.39, 0.29) is 18.4 Å². The van der Waals surface area contributed by atoms with Crippen LogP contribution in [0.3, 0.4) is 0 Å². The van der Waals surface area contributed by atoms with Gasteiger partial charge in [0.15, 0.2) is 11.5 Å². The lowest BCUT2D eigenvalue weighted by molar-refractivity contribution is -0.116. The highest BCUT2D eigenvalue weighted by Crippen LogP contribution is 2.32. The van der Waals surface area contributed by atoms with E-state index in [9.17, 15) is 9.59 Å². The Morgan fingerprint density at radius 3 is 2.69 bits per heavy atom. The number of fused-ring (bicyclic) bond motifs is 1. The fourth-order valence-electron chi connectivity index (χ4n) is 3.48. The summed E-state index contributed by atoms with van der Waals surface area (Å²) >= 11 is 6.08. The molecule has 0 spiro atoms. The minimum Gasteiger partial charge on any atom is -0.486 e. The Morgan fingerprint density at radius 1 is 1.16 bits per heavy atom. The second-order valence-corrected chi connectivity index (χ2v) is 7.70. The van der Waals surface area contributed by atoms with Gasteiger partial charge in [0.05, 0.1) is 23.1 Å². The van der Waals surface area contributed by atoms with Crippen LogP contribution in [0.4, 0.5) is 5.69 Å². The lowest BCUT2D eigenvalue weighted by atomic mass is 10.2. The van der Waals surface area contributed by atoms with Gasteiger partial charge < -0.3 is 19.7 Å². The predicted molar refractivity (Wildman–Crippen MR) is 121 cm³/mol. The van der Waals surface area contributed by atoms with Crippen LogP contribution in [0.15, 0.2) is 48.7 Å². The second-order valence-electron chi connectivity index (χ2n) is 7.26. The van der Waals surface area contributed by atoms with Crippen LogP contribution in [0.2, 0.25) is 5.02 Å². The van der Waals surface area contributed by atoms with Crippen LogP contribution in [0.25, 0.3) is 5.69 Å². The number of carbonyl (C=O) groups is 2. The molecule has 2 heterocycles. The zero-order valence-electron chi connectivity index (χ0n) is 17.8. The van der Waals surface area contributed by atoms with Gasteiger partial charge in [-0.2, -0.15) is 5.10 Å². The zero-order valence-corrected chi connectivity index (χ0v) is 18.6. The Bertz CT molecular complexity index is 1160. The van der Waals surface area contributed by atoms with E-state index in [4.69, 9.17) is 21.1 Å². The lowest BCUT2D eigenvalue weighted by Gasteiger charge is -2.21. The SMILES string of the molecule is CCN(CC(=O)Nc1ccc2c(c1)OCCO2)C(=O)c1cnn(-c2cccc(Cl)c2)c1C. The van der Waals surface area contributed by atoms with Gasteiger partial charge in [0.1, 0.15) is 19.8 Å². The standard InChI is InChI=1S/C23H23ClN4O4/c1-3-27(14-22(29)26-17-7-8-20-21(12-17)32-10-9-31-20)23(30)19-13-25-28(15(19)2)18-6-4-5-16(24)11-18/h4-8,11-13H,3,9-10,14H2,1-2H3,(H,26,29). The van der Waals surface area contributed by atoms with Gasteiger partial charge in [0.25, 0.3) is 5.91 Å². The number of aromatic nitrogens is 2. The monoisotopic (exact) mass is 454 g/mol. The van der Waals surface area contributed by atoms with Crippen molar-refractivity contribution in [2.24, 2.45) is 0 Å². The largest absolute Gasteiger partial charge is 0.486 e. The molecule has 4 rings (SSSR count). The summed E-state index contributed by atoms with van der Waals surface area (Å²) in [6.45, 7) is 4.88. The van der Waals surface area contributed by atoms with E-state index in [2.05, 4.69) is 10.4 Å². The van der Waals surface area contributed by atoms with Gasteiger partial charge in [-0.15, -0.1) is 0 Å². The van der Waals surface area contributed by atoms with E-state index >= 15 is 0 Å². The molecule has 9 heteroatoms. The first kappa shape index (κ1) is 21.7. The third-order valence-corrected chi connectivity index (χ3v) is 5.36. The van der Waals surface area contributed by atoms with Gasteiger partial charge in [-0.3, -0.25) is 9.59 Å². The molecule has 1 aliphatic rings. The highest BCUT2D eigenvalue weighted by Gasteiger charge is 2.22. The number of halogens is 1. The Kier molecular flexibility index (Phi) is 6.32. The fraction of sp³-hybridized carbons (Fsp3) is 0.261.